The molecule has 1 atom stereocenters. The molecule has 1 saturated heterocycles. The van der Waals surface area contributed by atoms with Crippen LogP contribution in [0.15, 0.2) is 18.2 Å². The van der Waals surface area contributed by atoms with Gasteiger partial charge in [-0.3, -0.25) is 4.79 Å². The molecule has 1 fully saturated rings. The maximum atomic E-state index is 12.9. The number of anilines is 1. The molecule has 2 rings (SSSR count). The second kappa shape index (κ2) is 8.07. The lowest BCUT2D eigenvalue weighted by atomic mass is 9.98. The van der Waals surface area contributed by atoms with Crippen molar-refractivity contribution in [2.75, 3.05) is 25.0 Å². The second-order valence-corrected chi connectivity index (χ2v) is 5.84. The molecule has 1 heterocycles. The fraction of sp³-hybridized carbons (Fsp3) is 0.471. The lowest BCUT2D eigenvalue weighted by Gasteiger charge is -2.36. The summed E-state index contributed by atoms with van der Waals surface area (Å²) in [4.78, 5) is 14.8. The molecule has 0 aromatic heterocycles. The molecule has 4 nitrogen and oxygen atoms in total. The summed E-state index contributed by atoms with van der Waals surface area (Å²) < 4.78 is 0. The molecule has 1 aromatic carbocycles. The van der Waals surface area contributed by atoms with Gasteiger partial charge in [0.15, 0.2) is 0 Å². The van der Waals surface area contributed by atoms with Crippen LogP contribution in [0.4, 0.5) is 5.69 Å². The van der Waals surface area contributed by atoms with E-state index in [4.69, 9.17) is 18.0 Å². The summed E-state index contributed by atoms with van der Waals surface area (Å²) in [6.45, 7) is 1.15. The third kappa shape index (κ3) is 3.94. The van der Waals surface area contributed by atoms with E-state index in [0.29, 0.717) is 29.2 Å². The molecule has 1 aliphatic heterocycles. The number of terminal acetylenes is 1. The van der Waals surface area contributed by atoms with Crippen molar-refractivity contribution < 1.29 is 9.90 Å². The highest BCUT2D eigenvalue weighted by molar-refractivity contribution is 6.31. The van der Waals surface area contributed by atoms with Gasteiger partial charge in [-0.1, -0.05) is 17.5 Å². The summed E-state index contributed by atoms with van der Waals surface area (Å²) in [5.74, 6) is 2.47. The van der Waals surface area contributed by atoms with Crippen molar-refractivity contribution in [2.45, 2.75) is 31.7 Å². The van der Waals surface area contributed by atoms with Crippen molar-refractivity contribution >= 4 is 23.2 Å². The van der Waals surface area contributed by atoms with Crippen molar-refractivity contribution in [3.8, 4) is 12.3 Å². The fourth-order valence-electron chi connectivity index (χ4n) is 2.87. The van der Waals surface area contributed by atoms with Gasteiger partial charge in [-0.2, -0.15) is 0 Å². The van der Waals surface area contributed by atoms with E-state index in [0.717, 1.165) is 25.8 Å². The first kappa shape index (κ1) is 16.7. The topological polar surface area (TPSA) is 52.6 Å². The van der Waals surface area contributed by atoms with E-state index in [1.165, 1.54) is 0 Å². The quantitative estimate of drug-likeness (QED) is 0.820. The van der Waals surface area contributed by atoms with Crippen LogP contribution < -0.4 is 5.32 Å². The zero-order valence-corrected chi connectivity index (χ0v) is 13.3. The number of hydrogen-bond donors (Lipinski definition) is 2. The zero-order chi connectivity index (χ0) is 15.9. The molecule has 0 aliphatic carbocycles. The van der Waals surface area contributed by atoms with E-state index < -0.39 is 0 Å². The Morgan fingerprint density at radius 2 is 2.32 bits per heavy atom. The molecule has 0 bridgehead atoms. The number of carbonyl (C=O) groups excluding carboxylic acids is 1. The second-order valence-electron chi connectivity index (χ2n) is 5.41. The average Bonchev–Trinajstić information content (AvgIpc) is 2.53. The van der Waals surface area contributed by atoms with Crippen LogP contribution >= 0.6 is 11.6 Å². The summed E-state index contributed by atoms with van der Waals surface area (Å²) in [5, 5.41) is 12.8. The standard InChI is InChI=1S/C17H21ClN2O2/c1-2-9-19-16-12-13(18)6-7-15(16)17(22)20-10-4-3-5-14(20)8-11-21/h1,6-7,12,14,19,21H,3-5,8-11H2. The SMILES string of the molecule is C#CCNc1cc(Cl)ccc1C(=O)N1CCCCC1CCO. The molecule has 1 aromatic rings. The minimum absolute atomic E-state index is 0.0330. The molecule has 118 valence electrons. The number of aliphatic hydroxyl groups is 1. The summed E-state index contributed by atoms with van der Waals surface area (Å²) in [5.41, 5.74) is 1.23. The minimum atomic E-state index is -0.0330. The van der Waals surface area contributed by atoms with Crippen LogP contribution in [0.25, 0.3) is 0 Å². The van der Waals surface area contributed by atoms with Crippen LogP contribution in [0.2, 0.25) is 5.02 Å². The first-order chi connectivity index (χ1) is 10.7. The highest BCUT2D eigenvalue weighted by atomic mass is 35.5. The molecule has 0 radical (unpaired) electrons. The van der Waals surface area contributed by atoms with Crippen LogP contribution in [-0.4, -0.2) is 41.7 Å². The van der Waals surface area contributed by atoms with Gasteiger partial charge >= 0.3 is 0 Å². The number of benzene rings is 1. The van der Waals surface area contributed by atoms with E-state index in [-0.39, 0.29) is 18.6 Å². The van der Waals surface area contributed by atoms with Crippen LogP contribution in [0, 0.1) is 12.3 Å². The molecule has 22 heavy (non-hydrogen) atoms. The third-order valence-corrected chi connectivity index (χ3v) is 4.18. The largest absolute Gasteiger partial charge is 0.396 e. The Kier molecular flexibility index (Phi) is 6.11. The van der Waals surface area contributed by atoms with Gasteiger partial charge in [0.2, 0.25) is 0 Å². The van der Waals surface area contributed by atoms with Crippen molar-refractivity contribution in [3.05, 3.63) is 28.8 Å². The van der Waals surface area contributed by atoms with E-state index in [1.54, 1.807) is 18.2 Å². The van der Waals surface area contributed by atoms with Crippen LogP contribution in [-0.2, 0) is 0 Å². The average molecular weight is 321 g/mol. The molecular formula is C17H21ClN2O2. The Balaban J connectivity index is 2.25. The maximum absolute atomic E-state index is 12.9. The van der Waals surface area contributed by atoms with Gasteiger partial charge in [-0.15, -0.1) is 6.42 Å². The van der Waals surface area contributed by atoms with E-state index in [1.807, 2.05) is 4.90 Å². The minimum Gasteiger partial charge on any atom is -0.396 e. The predicted octanol–water partition coefficient (Wildman–Crippen LogP) is 2.76. The number of halogens is 1. The Bertz CT molecular complexity index is 566. The Morgan fingerprint density at radius 3 is 3.05 bits per heavy atom. The highest BCUT2D eigenvalue weighted by Crippen LogP contribution is 2.26. The van der Waals surface area contributed by atoms with E-state index >= 15 is 0 Å². The van der Waals surface area contributed by atoms with Gasteiger partial charge in [0.25, 0.3) is 5.91 Å². The van der Waals surface area contributed by atoms with E-state index in [9.17, 15) is 9.90 Å². The highest BCUT2D eigenvalue weighted by Gasteiger charge is 2.28. The van der Waals surface area contributed by atoms with Crippen molar-refractivity contribution in [2.24, 2.45) is 0 Å². The van der Waals surface area contributed by atoms with Gasteiger partial charge in [-0.25, -0.2) is 0 Å². The van der Waals surface area contributed by atoms with Crippen molar-refractivity contribution in [3.63, 3.8) is 0 Å². The molecule has 0 spiro atoms. The monoisotopic (exact) mass is 320 g/mol. The van der Waals surface area contributed by atoms with Gasteiger partial charge in [-0.05, 0) is 43.9 Å². The lowest BCUT2D eigenvalue weighted by Crippen LogP contribution is -2.44. The number of hydrogen-bond acceptors (Lipinski definition) is 3. The maximum Gasteiger partial charge on any atom is 0.256 e. The Hall–Kier alpha value is -1.70. The number of nitrogens with zero attached hydrogens (tertiary/aromatic N) is 1. The van der Waals surface area contributed by atoms with Crippen molar-refractivity contribution in [1.29, 1.82) is 0 Å². The summed E-state index contributed by atoms with van der Waals surface area (Å²) in [6.07, 6.45) is 8.92. The molecular weight excluding hydrogens is 300 g/mol. The molecule has 1 aliphatic rings. The van der Waals surface area contributed by atoms with Gasteiger partial charge in [0, 0.05) is 29.9 Å². The Morgan fingerprint density at radius 1 is 1.50 bits per heavy atom. The molecule has 1 unspecified atom stereocenters. The number of amides is 1. The van der Waals surface area contributed by atoms with Gasteiger partial charge in [0.1, 0.15) is 0 Å². The normalized spacial score (nSPS) is 17.9. The predicted molar refractivity (Wildman–Crippen MR) is 89.2 cm³/mol. The van der Waals surface area contributed by atoms with Gasteiger partial charge in [0.05, 0.1) is 12.1 Å². The summed E-state index contributed by atoms with van der Waals surface area (Å²) >= 11 is 6.01. The number of rotatable bonds is 5. The third-order valence-electron chi connectivity index (χ3n) is 3.94. The number of aliphatic hydroxyl groups excluding tert-OH is 1. The summed E-state index contributed by atoms with van der Waals surface area (Å²) in [6, 6.07) is 5.26. The van der Waals surface area contributed by atoms with Gasteiger partial charge < -0.3 is 15.3 Å². The lowest BCUT2D eigenvalue weighted by molar-refractivity contribution is 0.0575. The van der Waals surface area contributed by atoms with Crippen LogP contribution in [0.5, 0.6) is 0 Å². The molecule has 2 N–H and O–H groups in total. The zero-order valence-electron chi connectivity index (χ0n) is 12.5. The number of piperidine rings is 1. The first-order valence-electron chi connectivity index (χ1n) is 7.56. The smallest absolute Gasteiger partial charge is 0.256 e. The molecule has 0 saturated carbocycles. The van der Waals surface area contributed by atoms with E-state index in [2.05, 4.69) is 11.2 Å². The fourth-order valence-corrected chi connectivity index (χ4v) is 3.04. The number of carbonyl (C=O) groups is 1. The van der Waals surface area contributed by atoms with Crippen LogP contribution in [0.3, 0.4) is 0 Å². The molecule has 1 amide bonds. The Labute approximate surface area is 136 Å². The van der Waals surface area contributed by atoms with Crippen molar-refractivity contribution in [1.82, 2.24) is 4.90 Å². The first-order valence-corrected chi connectivity index (χ1v) is 7.94. The summed E-state index contributed by atoms with van der Waals surface area (Å²) in [7, 11) is 0. The number of nitrogens with one attached hydrogen (secondary N) is 1. The van der Waals surface area contributed by atoms with Crippen LogP contribution in [0.1, 0.15) is 36.0 Å². The number of likely N-dealkylation sites (tertiary alicyclic amines) is 1. The molecule has 5 heteroatoms.